The van der Waals surface area contributed by atoms with Crippen molar-refractivity contribution in [3.8, 4) is 5.75 Å². The largest absolute Gasteiger partial charge is 0.513 e. The van der Waals surface area contributed by atoms with Gasteiger partial charge < -0.3 is 19.3 Å². The Morgan fingerprint density at radius 2 is 2.05 bits per heavy atom. The summed E-state index contributed by atoms with van der Waals surface area (Å²) in [6.45, 7) is 4.28. The van der Waals surface area contributed by atoms with Gasteiger partial charge in [-0.2, -0.15) is 0 Å². The molecule has 0 saturated carbocycles. The maximum Gasteiger partial charge on any atom is 0.513 e. The summed E-state index contributed by atoms with van der Waals surface area (Å²) in [5.41, 5.74) is 1.19. The van der Waals surface area contributed by atoms with Crippen LogP contribution < -0.4 is 4.74 Å². The molecular formula is C16H21NO5. The van der Waals surface area contributed by atoms with Crippen LogP contribution in [-0.2, 0) is 9.47 Å². The molecule has 1 heterocycles. The molecule has 0 bridgehead atoms. The Morgan fingerprint density at radius 3 is 2.73 bits per heavy atom. The topological polar surface area (TPSA) is 68.2 Å². The predicted octanol–water partition coefficient (Wildman–Crippen LogP) is 2.63. The van der Waals surface area contributed by atoms with Gasteiger partial charge in [0.15, 0.2) is 5.76 Å². The lowest BCUT2D eigenvalue weighted by atomic mass is 10.2. The molecule has 6 heteroatoms. The summed E-state index contributed by atoms with van der Waals surface area (Å²) in [6, 6.07) is 7.87. The van der Waals surface area contributed by atoms with Gasteiger partial charge in [-0.15, -0.1) is 0 Å². The van der Waals surface area contributed by atoms with Crippen LogP contribution in [0.1, 0.15) is 12.0 Å². The fourth-order valence-corrected chi connectivity index (χ4v) is 2.13. The number of benzene rings is 1. The minimum absolute atomic E-state index is 0.0982. The van der Waals surface area contributed by atoms with Gasteiger partial charge in [-0.1, -0.05) is 17.7 Å². The number of carbonyl (C=O) groups is 1. The molecule has 0 atom stereocenters. The van der Waals surface area contributed by atoms with Gasteiger partial charge >= 0.3 is 6.16 Å². The molecule has 0 fully saturated rings. The second-order valence-electron chi connectivity index (χ2n) is 5.11. The standard InChI is InChI=1S/C16H21NO5/c1-12-3-5-13(6-4-12)21-10-9-17-8-7-14(18)15(11-17)22-16(19)20-2/h3-6,18H,7-11H2,1-2H3. The van der Waals surface area contributed by atoms with Gasteiger partial charge in [-0.3, -0.25) is 4.90 Å². The number of aliphatic hydroxyl groups excluding tert-OH is 1. The Morgan fingerprint density at radius 1 is 1.32 bits per heavy atom. The first-order valence-electron chi connectivity index (χ1n) is 7.17. The van der Waals surface area contributed by atoms with Crippen molar-refractivity contribution in [1.82, 2.24) is 4.90 Å². The lowest BCUT2D eigenvalue weighted by molar-refractivity contribution is 0.0771. The first-order valence-corrected chi connectivity index (χ1v) is 7.17. The number of hydrogen-bond acceptors (Lipinski definition) is 6. The van der Waals surface area contributed by atoms with Crippen molar-refractivity contribution >= 4 is 6.16 Å². The van der Waals surface area contributed by atoms with Crippen molar-refractivity contribution in [2.45, 2.75) is 13.3 Å². The molecule has 1 N–H and O–H groups in total. The van der Waals surface area contributed by atoms with Crippen LogP contribution >= 0.6 is 0 Å². The Hall–Kier alpha value is -2.21. The monoisotopic (exact) mass is 307 g/mol. The lowest BCUT2D eigenvalue weighted by Gasteiger charge is -2.27. The van der Waals surface area contributed by atoms with E-state index in [1.165, 1.54) is 12.7 Å². The normalized spacial score (nSPS) is 15.5. The number of aryl methyl sites for hydroxylation is 1. The number of ether oxygens (including phenoxy) is 3. The van der Waals surface area contributed by atoms with Crippen molar-refractivity contribution in [2.75, 3.05) is 33.4 Å². The fraction of sp³-hybridized carbons (Fsp3) is 0.438. The molecule has 0 spiro atoms. The van der Waals surface area contributed by atoms with Gasteiger partial charge in [0.05, 0.1) is 13.7 Å². The van der Waals surface area contributed by atoms with E-state index in [-0.39, 0.29) is 11.5 Å². The van der Waals surface area contributed by atoms with Gasteiger partial charge in [-0.25, -0.2) is 4.79 Å². The molecule has 0 radical (unpaired) electrons. The number of rotatable bonds is 5. The maximum atomic E-state index is 11.1. The van der Waals surface area contributed by atoms with Gasteiger partial charge in [0, 0.05) is 19.5 Å². The summed E-state index contributed by atoms with van der Waals surface area (Å²) in [6.07, 6.45) is -0.379. The SMILES string of the molecule is COC(=O)OC1=C(O)CCN(CCOc2ccc(C)cc2)C1. The molecular weight excluding hydrogens is 286 g/mol. The van der Waals surface area contributed by atoms with E-state index in [0.29, 0.717) is 32.7 Å². The van der Waals surface area contributed by atoms with Gasteiger partial charge in [0.1, 0.15) is 18.1 Å². The first-order chi connectivity index (χ1) is 10.6. The van der Waals surface area contributed by atoms with Crippen molar-refractivity contribution < 1.29 is 24.1 Å². The number of carbonyl (C=O) groups excluding carboxylic acids is 1. The Labute approximate surface area is 129 Å². The van der Waals surface area contributed by atoms with E-state index in [2.05, 4.69) is 4.74 Å². The highest BCUT2D eigenvalue weighted by Crippen LogP contribution is 2.17. The molecule has 0 saturated heterocycles. The number of methoxy groups -OCH3 is 1. The van der Waals surface area contributed by atoms with Crippen molar-refractivity contribution in [1.29, 1.82) is 0 Å². The van der Waals surface area contributed by atoms with Crippen LogP contribution in [0.3, 0.4) is 0 Å². The highest BCUT2D eigenvalue weighted by Gasteiger charge is 2.22. The third-order valence-corrected chi connectivity index (χ3v) is 3.42. The van der Waals surface area contributed by atoms with E-state index in [1.54, 1.807) is 0 Å². The number of nitrogens with zero attached hydrogens (tertiary/aromatic N) is 1. The van der Waals surface area contributed by atoms with E-state index in [1.807, 2.05) is 36.1 Å². The molecule has 0 aromatic heterocycles. The van der Waals surface area contributed by atoms with Crippen LogP contribution in [0, 0.1) is 6.92 Å². The predicted molar refractivity (Wildman–Crippen MR) is 80.9 cm³/mol. The van der Waals surface area contributed by atoms with Crippen LogP contribution in [0.4, 0.5) is 4.79 Å². The molecule has 0 aliphatic carbocycles. The molecule has 0 unspecified atom stereocenters. The molecule has 1 aromatic rings. The molecule has 1 aliphatic heterocycles. The van der Waals surface area contributed by atoms with Gasteiger partial charge in [-0.05, 0) is 19.1 Å². The zero-order valence-corrected chi connectivity index (χ0v) is 12.9. The van der Waals surface area contributed by atoms with Crippen molar-refractivity contribution in [3.05, 3.63) is 41.3 Å². The van der Waals surface area contributed by atoms with E-state index in [4.69, 9.17) is 9.47 Å². The highest BCUT2D eigenvalue weighted by atomic mass is 16.7. The second kappa shape index (κ2) is 7.70. The smallest absolute Gasteiger partial charge is 0.509 e. The average Bonchev–Trinajstić information content (AvgIpc) is 2.52. The zero-order chi connectivity index (χ0) is 15.9. The van der Waals surface area contributed by atoms with Crippen LogP contribution in [0.15, 0.2) is 35.8 Å². The summed E-state index contributed by atoms with van der Waals surface area (Å²) in [4.78, 5) is 13.2. The molecule has 0 amide bonds. The summed E-state index contributed by atoms with van der Waals surface area (Å²) in [7, 11) is 1.23. The summed E-state index contributed by atoms with van der Waals surface area (Å²) >= 11 is 0. The molecule has 120 valence electrons. The van der Waals surface area contributed by atoms with E-state index in [9.17, 15) is 9.90 Å². The quantitative estimate of drug-likeness (QED) is 0.843. The Kier molecular flexibility index (Phi) is 5.66. The minimum Gasteiger partial charge on any atom is -0.509 e. The van der Waals surface area contributed by atoms with E-state index < -0.39 is 6.16 Å². The van der Waals surface area contributed by atoms with E-state index in [0.717, 1.165) is 5.75 Å². The summed E-state index contributed by atoms with van der Waals surface area (Å²) < 4.78 is 15.1. The first kappa shape index (κ1) is 16.2. The molecule has 6 nitrogen and oxygen atoms in total. The minimum atomic E-state index is -0.820. The third kappa shape index (κ3) is 4.66. The average molecular weight is 307 g/mol. The Balaban J connectivity index is 1.79. The van der Waals surface area contributed by atoms with Crippen LogP contribution in [0.2, 0.25) is 0 Å². The maximum absolute atomic E-state index is 11.1. The number of hydrogen-bond donors (Lipinski definition) is 1. The second-order valence-corrected chi connectivity index (χ2v) is 5.11. The van der Waals surface area contributed by atoms with Crippen LogP contribution in [0.5, 0.6) is 5.75 Å². The highest BCUT2D eigenvalue weighted by molar-refractivity contribution is 5.61. The van der Waals surface area contributed by atoms with E-state index >= 15 is 0 Å². The third-order valence-electron chi connectivity index (χ3n) is 3.42. The fourth-order valence-electron chi connectivity index (χ4n) is 2.13. The van der Waals surface area contributed by atoms with Crippen LogP contribution in [-0.4, -0.2) is 49.5 Å². The molecule has 2 rings (SSSR count). The molecule has 1 aromatic carbocycles. The molecule has 22 heavy (non-hydrogen) atoms. The van der Waals surface area contributed by atoms with Crippen LogP contribution in [0.25, 0.3) is 0 Å². The number of aliphatic hydroxyl groups is 1. The molecule has 1 aliphatic rings. The summed E-state index contributed by atoms with van der Waals surface area (Å²) in [5.74, 6) is 1.17. The van der Waals surface area contributed by atoms with Gasteiger partial charge in [0.2, 0.25) is 0 Å². The van der Waals surface area contributed by atoms with Gasteiger partial charge in [0.25, 0.3) is 0 Å². The summed E-state index contributed by atoms with van der Waals surface area (Å²) in [5, 5.41) is 9.75. The Bertz CT molecular complexity index is 538. The zero-order valence-electron chi connectivity index (χ0n) is 12.9. The van der Waals surface area contributed by atoms with Crippen molar-refractivity contribution in [3.63, 3.8) is 0 Å². The lowest BCUT2D eigenvalue weighted by Crippen LogP contribution is -2.36. The van der Waals surface area contributed by atoms with Crippen molar-refractivity contribution in [2.24, 2.45) is 0 Å².